The van der Waals surface area contributed by atoms with E-state index in [9.17, 15) is 27.3 Å². The van der Waals surface area contributed by atoms with Crippen molar-refractivity contribution in [1.29, 1.82) is 0 Å². The average Bonchev–Trinajstić information content (AvgIpc) is 3.01. The maximum atomic E-state index is 16.6. The number of carbonyl (C=O) groups excluding carboxylic acids is 2. The number of esters is 1. The summed E-state index contributed by atoms with van der Waals surface area (Å²) in [5, 5.41) is 0.0330. The number of nitrogens with zero attached hydrogens (tertiary/aromatic N) is 1. The topological polar surface area (TPSA) is 123 Å². The Balaban J connectivity index is 1.93. The number of hydrogen-bond acceptors (Lipinski definition) is 6. The average molecular weight is 570 g/mol. The molecule has 1 amide bonds. The number of carbonyl (C=O) groups is 2. The minimum absolute atomic E-state index is 0.0330. The van der Waals surface area contributed by atoms with Crippen LogP contribution in [0.4, 0.5) is 23.2 Å². The van der Waals surface area contributed by atoms with Crippen molar-refractivity contribution in [2.45, 2.75) is 37.7 Å². The summed E-state index contributed by atoms with van der Waals surface area (Å²) in [4.78, 5) is 43.6. The number of methoxy groups -OCH3 is 1. The van der Waals surface area contributed by atoms with Crippen molar-refractivity contribution < 1.29 is 55.5 Å². The number of halogens is 5. The van der Waals surface area contributed by atoms with Gasteiger partial charge in [-0.3, -0.25) is 19.0 Å². The minimum Gasteiger partial charge on any atom is -0.496 e. The smallest absolute Gasteiger partial charge is 0.469 e. The van der Waals surface area contributed by atoms with E-state index in [2.05, 4.69) is 4.52 Å². The summed E-state index contributed by atoms with van der Waals surface area (Å²) < 4.78 is 82.2. The Morgan fingerprint density at radius 1 is 1.19 bits per heavy atom. The first-order valence-electron chi connectivity index (χ1n) is 10.5. The lowest BCUT2D eigenvalue weighted by molar-refractivity contribution is -0.145. The Morgan fingerprint density at radius 2 is 1.86 bits per heavy atom. The Kier molecular flexibility index (Phi) is 8.25. The quantitative estimate of drug-likeness (QED) is 0.253. The van der Waals surface area contributed by atoms with Gasteiger partial charge in [-0.25, -0.2) is 8.96 Å². The molecule has 3 rings (SSSR count). The zero-order valence-corrected chi connectivity index (χ0v) is 20.9. The number of fused-ring (bicyclic) bond motifs is 1. The molecule has 2 atom stereocenters. The zero-order valence-electron chi connectivity index (χ0n) is 19.3. The van der Waals surface area contributed by atoms with Gasteiger partial charge >= 0.3 is 20.0 Å². The largest absolute Gasteiger partial charge is 0.496 e. The number of benzene rings is 2. The van der Waals surface area contributed by atoms with Crippen molar-refractivity contribution in [3.8, 4) is 5.75 Å². The van der Waals surface area contributed by atoms with Gasteiger partial charge in [0.1, 0.15) is 5.75 Å². The molecule has 0 bridgehead atoms. The predicted octanol–water partition coefficient (Wildman–Crippen LogP) is 4.71. The standard InChI is InChI=1S/C22H21ClF4NO8P/c1-12(36-37(31,32)33)3-8-19(29)35-11-28-17-9-13(22(25,26)27)4-6-15(17)21(24,20(28)30)16-10-14(23)5-7-18(16)34-2/h4-7,9-10,12H,3,8,11H2,1-2H3,(H2,31,32,33). The number of alkyl halides is 4. The van der Waals surface area contributed by atoms with Crippen LogP contribution in [0.1, 0.15) is 36.5 Å². The van der Waals surface area contributed by atoms with Crippen LogP contribution in [0.25, 0.3) is 0 Å². The molecule has 0 fully saturated rings. The molecule has 2 aromatic carbocycles. The second kappa shape index (κ2) is 10.6. The van der Waals surface area contributed by atoms with Gasteiger partial charge in [0, 0.05) is 22.6 Å². The molecule has 2 N–H and O–H groups in total. The summed E-state index contributed by atoms with van der Waals surface area (Å²) in [6.07, 6.45) is -6.45. The van der Waals surface area contributed by atoms with E-state index in [0.29, 0.717) is 17.0 Å². The summed E-state index contributed by atoms with van der Waals surface area (Å²) in [6.45, 7) is 0.357. The molecule has 2 unspecified atom stereocenters. The molecule has 9 nitrogen and oxygen atoms in total. The molecule has 0 saturated carbocycles. The molecule has 15 heteroatoms. The fourth-order valence-electron chi connectivity index (χ4n) is 3.79. The fourth-order valence-corrected chi connectivity index (χ4v) is 4.53. The molecule has 0 saturated heterocycles. The van der Waals surface area contributed by atoms with E-state index in [4.69, 9.17) is 30.9 Å². The van der Waals surface area contributed by atoms with Gasteiger partial charge in [-0.15, -0.1) is 0 Å². The van der Waals surface area contributed by atoms with Crippen LogP contribution in [0.2, 0.25) is 5.02 Å². The highest BCUT2D eigenvalue weighted by atomic mass is 35.5. The number of phosphoric ester groups is 1. The molecular formula is C22H21ClF4NO8P. The maximum Gasteiger partial charge on any atom is 0.469 e. The highest BCUT2D eigenvalue weighted by Crippen LogP contribution is 2.51. The van der Waals surface area contributed by atoms with Gasteiger partial charge in [0.15, 0.2) is 6.73 Å². The SMILES string of the molecule is COc1ccc(Cl)cc1C1(F)C(=O)N(COC(=O)CCC(C)OP(=O)(O)O)c2cc(C(F)(F)F)ccc21. The first-order valence-corrected chi connectivity index (χ1v) is 12.4. The van der Waals surface area contributed by atoms with Crippen LogP contribution >= 0.6 is 19.4 Å². The molecule has 37 heavy (non-hydrogen) atoms. The normalized spacial score (nSPS) is 18.5. The fraction of sp³-hybridized carbons (Fsp3) is 0.364. The number of hydrogen-bond donors (Lipinski definition) is 2. The van der Waals surface area contributed by atoms with Gasteiger partial charge in [0.25, 0.3) is 5.91 Å². The van der Waals surface area contributed by atoms with Crippen LogP contribution in [-0.4, -0.2) is 41.6 Å². The molecule has 0 spiro atoms. The first-order chi connectivity index (χ1) is 17.1. The Labute approximate surface area is 213 Å². The Hall–Kier alpha value is -2.70. The summed E-state index contributed by atoms with van der Waals surface area (Å²) in [5.41, 5.74) is -5.46. The number of anilines is 1. The van der Waals surface area contributed by atoms with Crippen molar-refractivity contribution in [1.82, 2.24) is 0 Å². The van der Waals surface area contributed by atoms with Gasteiger partial charge in [-0.05, 0) is 43.7 Å². The molecule has 2 aromatic rings. The monoisotopic (exact) mass is 569 g/mol. The van der Waals surface area contributed by atoms with E-state index in [-0.39, 0.29) is 22.8 Å². The van der Waals surface area contributed by atoms with Crippen molar-refractivity contribution in [2.24, 2.45) is 0 Å². The van der Waals surface area contributed by atoms with Gasteiger partial charge in [0.05, 0.1) is 24.5 Å². The molecule has 1 aliphatic heterocycles. The maximum absolute atomic E-state index is 16.6. The summed E-state index contributed by atoms with van der Waals surface area (Å²) in [6, 6.07) is 5.78. The molecule has 0 aromatic heterocycles. The Morgan fingerprint density at radius 3 is 2.46 bits per heavy atom. The zero-order chi connectivity index (χ0) is 27.8. The lowest BCUT2D eigenvalue weighted by atomic mass is 9.88. The van der Waals surface area contributed by atoms with Crippen molar-refractivity contribution in [3.05, 3.63) is 58.1 Å². The van der Waals surface area contributed by atoms with Crippen molar-refractivity contribution >= 4 is 37.0 Å². The highest BCUT2D eigenvalue weighted by Gasteiger charge is 2.55. The van der Waals surface area contributed by atoms with Crippen LogP contribution in [-0.2, 0) is 35.3 Å². The van der Waals surface area contributed by atoms with Crippen molar-refractivity contribution in [2.75, 3.05) is 18.7 Å². The molecule has 1 heterocycles. The van der Waals surface area contributed by atoms with Crippen molar-refractivity contribution in [3.63, 3.8) is 0 Å². The lowest BCUT2D eigenvalue weighted by Crippen LogP contribution is -2.40. The van der Waals surface area contributed by atoms with Crippen LogP contribution in [0, 0.1) is 0 Å². The van der Waals surface area contributed by atoms with E-state index in [0.717, 1.165) is 12.1 Å². The van der Waals surface area contributed by atoms with Crippen LogP contribution in [0.15, 0.2) is 36.4 Å². The molecule has 202 valence electrons. The summed E-state index contributed by atoms with van der Waals surface area (Å²) in [7, 11) is -3.58. The Bertz CT molecular complexity index is 1250. The van der Waals surface area contributed by atoms with Gasteiger partial charge in [0.2, 0.25) is 5.67 Å². The van der Waals surface area contributed by atoms with Gasteiger partial charge in [-0.1, -0.05) is 17.7 Å². The number of ether oxygens (including phenoxy) is 2. The van der Waals surface area contributed by atoms with Crippen LogP contribution in [0.5, 0.6) is 5.75 Å². The van der Waals surface area contributed by atoms with E-state index in [1.54, 1.807) is 0 Å². The van der Waals surface area contributed by atoms with E-state index in [1.807, 2.05) is 0 Å². The molecule has 0 aliphatic carbocycles. The number of rotatable bonds is 9. The number of phosphoric acid groups is 1. The third-order valence-corrected chi connectivity index (χ3v) is 6.36. The summed E-state index contributed by atoms with van der Waals surface area (Å²) >= 11 is 5.99. The second-order valence-electron chi connectivity index (χ2n) is 8.06. The summed E-state index contributed by atoms with van der Waals surface area (Å²) in [5.74, 6) is -2.41. The third kappa shape index (κ3) is 6.24. The van der Waals surface area contributed by atoms with E-state index < -0.39 is 67.6 Å². The third-order valence-electron chi connectivity index (χ3n) is 5.49. The van der Waals surface area contributed by atoms with E-state index >= 15 is 4.39 Å². The lowest BCUT2D eigenvalue weighted by Gasteiger charge is -2.23. The second-order valence-corrected chi connectivity index (χ2v) is 9.69. The first kappa shape index (κ1) is 28.9. The molecule has 1 aliphatic rings. The van der Waals surface area contributed by atoms with Gasteiger partial charge in [-0.2, -0.15) is 13.2 Å². The molecular weight excluding hydrogens is 549 g/mol. The molecule has 0 radical (unpaired) electrons. The minimum atomic E-state index is -4.81. The van der Waals surface area contributed by atoms with Gasteiger partial charge < -0.3 is 19.3 Å². The van der Waals surface area contributed by atoms with E-state index in [1.165, 1.54) is 26.2 Å². The number of amides is 1. The van der Waals surface area contributed by atoms with Crippen LogP contribution in [0.3, 0.4) is 0 Å². The van der Waals surface area contributed by atoms with Crippen LogP contribution < -0.4 is 9.64 Å². The predicted molar refractivity (Wildman–Crippen MR) is 122 cm³/mol. The highest BCUT2D eigenvalue weighted by molar-refractivity contribution is 7.46.